The largest absolute Gasteiger partial charge is 0.508 e. The summed E-state index contributed by atoms with van der Waals surface area (Å²) in [5, 5.41) is 8.63. The Morgan fingerprint density at radius 3 is 1.86 bits per heavy atom. The van der Waals surface area contributed by atoms with Gasteiger partial charge in [0.15, 0.2) is 0 Å². The highest BCUT2D eigenvalue weighted by Crippen LogP contribution is 2.27. The van der Waals surface area contributed by atoms with E-state index in [1.165, 1.54) is 49.7 Å². The van der Waals surface area contributed by atoms with E-state index in [1.54, 1.807) is 24.3 Å². The molecule has 0 unspecified atom stereocenters. The number of allylic oxidation sites excluding steroid dienone is 4. The Morgan fingerprint density at radius 1 is 0.786 bits per heavy atom. The average molecular weight is 379 g/mol. The summed E-state index contributed by atoms with van der Waals surface area (Å²) in [6.07, 6.45) is 16.1. The topological polar surface area (TPSA) is 29.5 Å². The Bertz CT molecular complexity index is 740. The van der Waals surface area contributed by atoms with Crippen molar-refractivity contribution in [3.05, 3.63) is 84.0 Å². The molecule has 0 atom stereocenters. The van der Waals surface area contributed by atoms with E-state index < -0.39 is 0 Å². The number of phenolic OH excluding ortho intramolecular Hbond substituents is 1. The lowest BCUT2D eigenvalue weighted by Gasteiger charge is -2.23. The number of hydrogen-bond donors (Lipinski definition) is 1. The summed E-state index contributed by atoms with van der Waals surface area (Å²) in [4.78, 5) is 0. The first-order chi connectivity index (χ1) is 13.4. The Morgan fingerprint density at radius 2 is 1.39 bits per heavy atom. The summed E-state index contributed by atoms with van der Waals surface area (Å²) in [7, 11) is 0. The summed E-state index contributed by atoms with van der Waals surface area (Å²) in [5.41, 5.74) is 2.91. The molecule has 2 nitrogen and oxygen atoms in total. The molecule has 2 aromatic rings. The summed E-state index contributed by atoms with van der Waals surface area (Å²) in [5.74, 6) is 1.34. The Hall–Kier alpha value is -2.48. The lowest BCUT2D eigenvalue weighted by Crippen LogP contribution is -2.23. The highest BCUT2D eigenvalue weighted by atomic mass is 16.5. The molecule has 0 aliphatic heterocycles. The number of para-hydroxylation sites is 1. The molecule has 0 heterocycles. The van der Waals surface area contributed by atoms with E-state index in [4.69, 9.17) is 9.84 Å². The van der Waals surface area contributed by atoms with Crippen LogP contribution in [-0.2, 0) is 12.8 Å². The monoisotopic (exact) mass is 378 g/mol. The predicted molar refractivity (Wildman–Crippen MR) is 119 cm³/mol. The molecule has 2 aromatic carbocycles. The molecule has 0 fully saturated rings. The molecule has 0 radical (unpaired) electrons. The van der Waals surface area contributed by atoms with Crippen molar-refractivity contribution in [1.29, 1.82) is 0 Å². The van der Waals surface area contributed by atoms with E-state index in [-0.39, 0.29) is 5.60 Å². The molecular formula is C26H34O2. The van der Waals surface area contributed by atoms with Gasteiger partial charge in [0.2, 0.25) is 0 Å². The van der Waals surface area contributed by atoms with Crippen LogP contribution in [0.4, 0.5) is 0 Å². The second-order valence-electron chi connectivity index (χ2n) is 8.12. The third-order valence-corrected chi connectivity index (χ3v) is 4.38. The number of aromatic hydroxyl groups is 1. The summed E-state index contributed by atoms with van der Waals surface area (Å²) >= 11 is 0. The summed E-state index contributed by atoms with van der Waals surface area (Å²) in [6, 6.07) is 15.3. The zero-order chi connectivity index (χ0) is 20.2. The van der Waals surface area contributed by atoms with Gasteiger partial charge >= 0.3 is 0 Å². The number of hydrogen-bond acceptors (Lipinski definition) is 2. The molecule has 0 spiro atoms. The maximum Gasteiger partial charge on any atom is 0.120 e. The van der Waals surface area contributed by atoms with Crippen LogP contribution in [0.25, 0.3) is 0 Å². The van der Waals surface area contributed by atoms with Crippen molar-refractivity contribution in [2.75, 3.05) is 0 Å². The molecule has 2 aliphatic carbocycles. The van der Waals surface area contributed by atoms with E-state index in [9.17, 15) is 0 Å². The first kappa shape index (κ1) is 21.8. The van der Waals surface area contributed by atoms with Gasteiger partial charge in [0.05, 0.1) is 0 Å². The highest BCUT2D eigenvalue weighted by Gasteiger charge is 2.14. The molecule has 0 bridgehead atoms. The third-order valence-electron chi connectivity index (χ3n) is 4.38. The van der Waals surface area contributed by atoms with Gasteiger partial charge in [0, 0.05) is 0 Å². The van der Waals surface area contributed by atoms with Crippen LogP contribution in [0.5, 0.6) is 11.5 Å². The molecule has 0 saturated heterocycles. The van der Waals surface area contributed by atoms with Gasteiger partial charge < -0.3 is 9.84 Å². The third kappa shape index (κ3) is 8.94. The van der Waals surface area contributed by atoms with Gasteiger partial charge in [-0.2, -0.15) is 0 Å². The molecular weight excluding hydrogens is 344 g/mol. The fourth-order valence-corrected chi connectivity index (χ4v) is 3.10. The van der Waals surface area contributed by atoms with Crippen molar-refractivity contribution >= 4 is 0 Å². The Balaban J connectivity index is 0.000000178. The van der Waals surface area contributed by atoms with Gasteiger partial charge in [0.1, 0.15) is 17.1 Å². The average Bonchev–Trinajstić information content (AvgIpc) is 2.70. The minimum atomic E-state index is -0.0943. The fraction of sp³-hybridized carbons (Fsp3) is 0.385. The molecule has 0 saturated carbocycles. The molecule has 0 amide bonds. The maximum atomic E-state index is 8.63. The van der Waals surface area contributed by atoms with E-state index >= 15 is 0 Å². The van der Waals surface area contributed by atoms with Crippen LogP contribution in [-0.4, -0.2) is 10.7 Å². The molecule has 28 heavy (non-hydrogen) atoms. The van der Waals surface area contributed by atoms with Crippen molar-refractivity contribution in [3.8, 4) is 11.5 Å². The van der Waals surface area contributed by atoms with Gasteiger partial charge in [-0.05, 0) is 94.7 Å². The predicted octanol–water partition coefficient (Wildman–Crippen LogP) is 7.03. The van der Waals surface area contributed by atoms with E-state index in [2.05, 4.69) is 63.3 Å². The first-order valence-electron chi connectivity index (χ1n) is 10.3. The molecule has 2 heteroatoms. The molecule has 0 aromatic heterocycles. The molecule has 2 aliphatic rings. The smallest absolute Gasteiger partial charge is 0.120 e. The van der Waals surface area contributed by atoms with E-state index in [0.29, 0.717) is 5.75 Å². The Labute approximate surface area is 170 Å². The van der Waals surface area contributed by atoms with Crippen LogP contribution in [0.2, 0.25) is 0 Å². The lowest BCUT2D eigenvalue weighted by atomic mass is 9.92. The van der Waals surface area contributed by atoms with E-state index in [0.717, 1.165) is 5.75 Å². The normalized spacial score (nSPS) is 14.7. The van der Waals surface area contributed by atoms with Gasteiger partial charge in [-0.1, -0.05) is 48.6 Å². The fourth-order valence-electron chi connectivity index (χ4n) is 3.10. The highest BCUT2D eigenvalue weighted by molar-refractivity contribution is 5.37. The van der Waals surface area contributed by atoms with Gasteiger partial charge in [-0.3, -0.25) is 0 Å². The second-order valence-corrected chi connectivity index (χ2v) is 8.12. The van der Waals surface area contributed by atoms with Gasteiger partial charge in [-0.15, -0.1) is 0 Å². The number of benzene rings is 2. The van der Waals surface area contributed by atoms with Crippen molar-refractivity contribution in [3.63, 3.8) is 0 Å². The Kier molecular flexibility index (Phi) is 8.87. The number of rotatable bonds is 1. The van der Waals surface area contributed by atoms with E-state index in [1.807, 2.05) is 6.07 Å². The zero-order valence-electron chi connectivity index (χ0n) is 17.5. The maximum absolute atomic E-state index is 8.63. The van der Waals surface area contributed by atoms with Crippen molar-refractivity contribution in [2.24, 2.45) is 0 Å². The van der Waals surface area contributed by atoms with Crippen LogP contribution in [0.3, 0.4) is 0 Å². The van der Waals surface area contributed by atoms with Crippen LogP contribution >= 0.6 is 0 Å². The number of fused-ring (bicyclic) bond motifs is 1. The quantitative estimate of drug-likeness (QED) is 0.577. The minimum Gasteiger partial charge on any atom is -0.508 e. The van der Waals surface area contributed by atoms with Crippen molar-refractivity contribution in [2.45, 2.75) is 64.9 Å². The van der Waals surface area contributed by atoms with Crippen LogP contribution < -0.4 is 4.74 Å². The molecule has 4 rings (SSSR count). The van der Waals surface area contributed by atoms with Crippen molar-refractivity contribution < 1.29 is 9.84 Å². The summed E-state index contributed by atoms with van der Waals surface area (Å²) < 4.78 is 5.87. The van der Waals surface area contributed by atoms with Gasteiger partial charge in [0.25, 0.3) is 0 Å². The second kappa shape index (κ2) is 11.4. The standard InChI is InChI=1S/C14H20O.C6H6O.C6H8/c1-14(2,3)15-13-9-8-11-6-4-5-7-12(11)10-13;7-6-4-2-1-3-5-6;1-2-4-6-5-3-1/h8-10H,4-7H2,1-3H3;1-5,7H;1-4H,5-6H2. The van der Waals surface area contributed by atoms with Crippen LogP contribution in [0.15, 0.2) is 72.8 Å². The van der Waals surface area contributed by atoms with Crippen LogP contribution in [0, 0.1) is 0 Å². The van der Waals surface area contributed by atoms with Crippen LogP contribution in [0.1, 0.15) is 57.6 Å². The number of ether oxygens (including phenoxy) is 1. The molecule has 1 N–H and O–H groups in total. The van der Waals surface area contributed by atoms with Gasteiger partial charge in [-0.25, -0.2) is 0 Å². The summed E-state index contributed by atoms with van der Waals surface area (Å²) in [6.45, 7) is 6.27. The lowest BCUT2D eigenvalue weighted by molar-refractivity contribution is 0.130. The van der Waals surface area contributed by atoms with Crippen molar-refractivity contribution in [1.82, 2.24) is 0 Å². The number of aryl methyl sites for hydroxylation is 2. The first-order valence-corrected chi connectivity index (χ1v) is 10.3. The molecule has 150 valence electrons. The zero-order valence-corrected chi connectivity index (χ0v) is 17.5. The number of phenols is 1. The minimum absolute atomic E-state index is 0.0943. The SMILES string of the molecule is C1=CCCC=C1.CC(C)(C)Oc1ccc2c(c1)CCCC2.Oc1ccccc1.